The van der Waals surface area contributed by atoms with Gasteiger partial charge in [-0.05, 0) is 12.8 Å². The molecule has 1 aromatic rings. The van der Waals surface area contributed by atoms with Crippen molar-refractivity contribution in [1.82, 2.24) is 9.55 Å². The summed E-state index contributed by atoms with van der Waals surface area (Å²) in [7, 11) is 1.90. The van der Waals surface area contributed by atoms with Crippen molar-refractivity contribution in [3.8, 4) is 0 Å². The molecule has 1 aliphatic rings. The predicted octanol–water partition coefficient (Wildman–Crippen LogP) is 1.19. The van der Waals surface area contributed by atoms with Crippen molar-refractivity contribution >= 4 is 5.78 Å². The number of aryl methyl sites for hydroxylation is 1. The highest BCUT2D eigenvalue weighted by Gasteiger charge is 2.35. The number of nitrogens with two attached hydrogens (primary N) is 1. The second-order valence-electron chi connectivity index (χ2n) is 4.77. The average molecular weight is 221 g/mol. The fraction of sp³-hybridized carbons (Fsp3) is 0.667. The number of ketones is 1. The predicted molar refractivity (Wildman–Crippen MR) is 61.9 cm³/mol. The summed E-state index contributed by atoms with van der Waals surface area (Å²) in [6.07, 6.45) is 8.94. The van der Waals surface area contributed by atoms with Gasteiger partial charge in [0.15, 0.2) is 5.78 Å². The summed E-state index contributed by atoms with van der Waals surface area (Å²) in [6, 6.07) is 0. The number of rotatable bonds is 3. The van der Waals surface area contributed by atoms with E-state index in [0.29, 0.717) is 6.42 Å². The molecule has 4 heteroatoms. The number of carbonyl (C=O) groups is 1. The third-order valence-electron chi connectivity index (χ3n) is 3.54. The minimum Gasteiger partial charge on any atom is -0.338 e. The lowest BCUT2D eigenvalue weighted by Crippen LogP contribution is -2.50. The SMILES string of the molecule is Cn1ccnc1CC(=O)C1(N)CCCCC1. The van der Waals surface area contributed by atoms with Gasteiger partial charge in [-0.2, -0.15) is 0 Å². The third-order valence-corrected chi connectivity index (χ3v) is 3.54. The highest BCUT2D eigenvalue weighted by molar-refractivity contribution is 5.89. The molecule has 0 spiro atoms. The molecular weight excluding hydrogens is 202 g/mol. The second-order valence-corrected chi connectivity index (χ2v) is 4.77. The molecule has 1 saturated carbocycles. The summed E-state index contributed by atoms with van der Waals surface area (Å²) >= 11 is 0. The maximum atomic E-state index is 12.2. The van der Waals surface area contributed by atoms with Crippen molar-refractivity contribution in [2.45, 2.75) is 44.1 Å². The Balaban J connectivity index is 2.05. The molecule has 0 bridgehead atoms. The van der Waals surface area contributed by atoms with E-state index in [2.05, 4.69) is 4.98 Å². The van der Waals surface area contributed by atoms with Crippen molar-refractivity contribution in [2.75, 3.05) is 0 Å². The highest BCUT2D eigenvalue weighted by atomic mass is 16.1. The number of imidazole rings is 1. The smallest absolute Gasteiger partial charge is 0.160 e. The van der Waals surface area contributed by atoms with E-state index < -0.39 is 5.54 Å². The van der Waals surface area contributed by atoms with Crippen LogP contribution >= 0.6 is 0 Å². The fourth-order valence-electron chi connectivity index (χ4n) is 2.35. The Morgan fingerprint density at radius 1 is 1.50 bits per heavy atom. The molecule has 0 aliphatic heterocycles. The van der Waals surface area contributed by atoms with Crippen molar-refractivity contribution in [2.24, 2.45) is 12.8 Å². The molecule has 2 N–H and O–H groups in total. The van der Waals surface area contributed by atoms with Gasteiger partial charge in [-0.3, -0.25) is 4.79 Å². The first-order valence-electron chi connectivity index (χ1n) is 5.90. The van der Waals surface area contributed by atoms with Crippen molar-refractivity contribution < 1.29 is 4.79 Å². The van der Waals surface area contributed by atoms with Gasteiger partial charge in [0.2, 0.25) is 0 Å². The van der Waals surface area contributed by atoms with E-state index in [4.69, 9.17) is 5.73 Å². The molecule has 1 heterocycles. The lowest BCUT2D eigenvalue weighted by atomic mass is 9.78. The van der Waals surface area contributed by atoms with Gasteiger partial charge in [0, 0.05) is 19.4 Å². The first kappa shape index (κ1) is 11.3. The van der Waals surface area contributed by atoms with E-state index in [1.54, 1.807) is 6.20 Å². The van der Waals surface area contributed by atoms with Gasteiger partial charge < -0.3 is 10.3 Å². The topological polar surface area (TPSA) is 60.9 Å². The van der Waals surface area contributed by atoms with E-state index >= 15 is 0 Å². The normalized spacial score (nSPS) is 19.6. The third kappa shape index (κ3) is 2.16. The maximum Gasteiger partial charge on any atom is 0.160 e. The van der Waals surface area contributed by atoms with E-state index in [-0.39, 0.29) is 5.78 Å². The van der Waals surface area contributed by atoms with Crippen LogP contribution < -0.4 is 5.73 Å². The van der Waals surface area contributed by atoms with Gasteiger partial charge in [0.25, 0.3) is 0 Å². The Hall–Kier alpha value is -1.16. The average Bonchev–Trinajstić information content (AvgIpc) is 2.65. The molecule has 1 aliphatic carbocycles. The zero-order chi connectivity index (χ0) is 11.6. The molecule has 0 aromatic carbocycles. The van der Waals surface area contributed by atoms with Crippen LogP contribution in [0, 0.1) is 0 Å². The van der Waals surface area contributed by atoms with Crippen molar-refractivity contribution in [3.05, 3.63) is 18.2 Å². The molecule has 0 atom stereocenters. The summed E-state index contributed by atoms with van der Waals surface area (Å²) in [6.45, 7) is 0. The summed E-state index contributed by atoms with van der Waals surface area (Å²) in [4.78, 5) is 16.3. The number of carbonyl (C=O) groups excluding carboxylic acids is 1. The largest absolute Gasteiger partial charge is 0.338 e. The van der Waals surface area contributed by atoms with Gasteiger partial charge >= 0.3 is 0 Å². The monoisotopic (exact) mass is 221 g/mol. The van der Waals surface area contributed by atoms with Gasteiger partial charge in [-0.1, -0.05) is 19.3 Å². The summed E-state index contributed by atoms with van der Waals surface area (Å²) in [5.41, 5.74) is 5.59. The zero-order valence-electron chi connectivity index (χ0n) is 9.78. The lowest BCUT2D eigenvalue weighted by molar-refractivity contribution is -0.124. The van der Waals surface area contributed by atoms with Gasteiger partial charge in [0.1, 0.15) is 5.82 Å². The minimum absolute atomic E-state index is 0.140. The van der Waals surface area contributed by atoms with Gasteiger partial charge in [0.05, 0.1) is 12.0 Å². The van der Waals surface area contributed by atoms with Gasteiger partial charge in [-0.25, -0.2) is 4.98 Å². The summed E-state index contributed by atoms with van der Waals surface area (Å²) < 4.78 is 1.88. The summed E-state index contributed by atoms with van der Waals surface area (Å²) in [5, 5.41) is 0. The Morgan fingerprint density at radius 2 is 2.19 bits per heavy atom. The molecule has 1 aromatic heterocycles. The molecule has 0 amide bonds. The number of nitrogens with zero attached hydrogens (tertiary/aromatic N) is 2. The molecule has 4 nitrogen and oxygen atoms in total. The molecule has 0 radical (unpaired) electrons. The Labute approximate surface area is 95.9 Å². The number of Topliss-reactive ketones (excluding diaryl/α,β-unsaturated/α-hetero) is 1. The van der Waals surface area contributed by atoms with Crippen molar-refractivity contribution in [1.29, 1.82) is 0 Å². The van der Waals surface area contributed by atoms with Crippen LogP contribution in [0.25, 0.3) is 0 Å². The van der Waals surface area contributed by atoms with E-state index in [0.717, 1.165) is 31.5 Å². The van der Waals surface area contributed by atoms with Crippen LogP contribution in [0.15, 0.2) is 12.4 Å². The van der Waals surface area contributed by atoms with Crippen LogP contribution in [0.5, 0.6) is 0 Å². The van der Waals surface area contributed by atoms with Crippen LogP contribution in [-0.4, -0.2) is 20.9 Å². The highest BCUT2D eigenvalue weighted by Crippen LogP contribution is 2.27. The first-order chi connectivity index (χ1) is 7.62. The number of hydrogen-bond acceptors (Lipinski definition) is 3. The molecule has 2 rings (SSSR count). The zero-order valence-corrected chi connectivity index (χ0v) is 9.78. The Bertz CT molecular complexity index is 377. The van der Waals surface area contributed by atoms with Crippen LogP contribution in [-0.2, 0) is 18.3 Å². The molecule has 0 unspecified atom stereocenters. The molecular formula is C12H19N3O. The van der Waals surface area contributed by atoms with E-state index in [9.17, 15) is 4.79 Å². The molecule has 1 fully saturated rings. The fourth-order valence-corrected chi connectivity index (χ4v) is 2.35. The first-order valence-corrected chi connectivity index (χ1v) is 5.90. The lowest BCUT2D eigenvalue weighted by Gasteiger charge is -2.31. The second kappa shape index (κ2) is 4.37. The number of aromatic nitrogens is 2. The van der Waals surface area contributed by atoms with E-state index in [1.165, 1.54) is 6.42 Å². The molecule has 16 heavy (non-hydrogen) atoms. The molecule has 88 valence electrons. The standard InChI is InChI=1S/C12H19N3O/c1-15-8-7-14-11(15)9-10(16)12(13)5-3-2-4-6-12/h7-8H,2-6,9,13H2,1H3. The molecule has 0 saturated heterocycles. The Kier molecular flexibility index (Phi) is 3.10. The van der Waals surface area contributed by atoms with Crippen LogP contribution in [0.4, 0.5) is 0 Å². The van der Waals surface area contributed by atoms with E-state index in [1.807, 2.05) is 17.8 Å². The van der Waals surface area contributed by atoms with Crippen LogP contribution in [0.1, 0.15) is 37.9 Å². The summed E-state index contributed by atoms with van der Waals surface area (Å²) in [5.74, 6) is 0.946. The van der Waals surface area contributed by atoms with Crippen LogP contribution in [0.3, 0.4) is 0 Å². The minimum atomic E-state index is -0.593. The maximum absolute atomic E-state index is 12.2. The Morgan fingerprint density at radius 3 is 2.75 bits per heavy atom. The number of hydrogen-bond donors (Lipinski definition) is 1. The van der Waals surface area contributed by atoms with Gasteiger partial charge in [-0.15, -0.1) is 0 Å². The quantitative estimate of drug-likeness (QED) is 0.834. The van der Waals surface area contributed by atoms with Crippen LogP contribution in [0.2, 0.25) is 0 Å². The van der Waals surface area contributed by atoms with Crippen molar-refractivity contribution in [3.63, 3.8) is 0 Å².